The summed E-state index contributed by atoms with van der Waals surface area (Å²) in [5.41, 5.74) is 5.81. The summed E-state index contributed by atoms with van der Waals surface area (Å²) < 4.78 is 3.61. The number of anilines is 1. The van der Waals surface area contributed by atoms with Gasteiger partial charge in [-0.1, -0.05) is 19.1 Å². The highest BCUT2D eigenvalue weighted by molar-refractivity contribution is 6.09. The Balaban J connectivity index is 1.48. The number of nitrogens with one attached hydrogen (secondary N) is 1. The number of carbonyl (C=O) groups is 2. The van der Waals surface area contributed by atoms with Crippen molar-refractivity contribution in [2.24, 2.45) is 0 Å². The molecule has 9 heteroatoms. The molecule has 182 valence electrons. The number of benzene rings is 1. The molecule has 0 bridgehead atoms. The van der Waals surface area contributed by atoms with Crippen LogP contribution in [0.5, 0.6) is 0 Å². The molecule has 0 aliphatic carbocycles. The maximum absolute atomic E-state index is 13.3. The van der Waals surface area contributed by atoms with Gasteiger partial charge in [0.25, 0.3) is 11.8 Å². The number of rotatable bonds is 6. The second-order valence-electron chi connectivity index (χ2n) is 8.87. The van der Waals surface area contributed by atoms with E-state index in [0.717, 1.165) is 34.4 Å². The van der Waals surface area contributed by atoms with Crippen molar-refractivity contribution in [1.29, 1.82) is 0 Å². The minimum absolute atomic E-state index is 0.122. The van der Waals surface area contributed by atoms with E-state index in [2.05, 4.69) is 15.3 Å². The van der Waals surface area contributed by atoms with Crippen molar-refractivity contribution in [2.45, 2.75) is 26.8 Å². The molecule has 0 unspecified atom stereocenters. The number of amides is 2. The summed E-state index contributed by atoms with van der Waals surface area (Å²) in [6.45, 7) is 4.56. The first-order chi connectivity index (χ1) is 17.4. The Hall–Kier alpha value is -4.53. The number of hydrogen-bond donors (Lipinski definition) is 1. The monoisotopic (exact) mass is 481 g/mol. The molecule has 1 aromatic carbocycles. The number of imidazole rings is 1. The number of carbonyl (C=O) groups excluding carboxylic acids is 2. The van der Waals surface area contributed by atoms with Crippen LogP contribution in [0.1, 0.15) is 44.9 Å². The van der Waals surface area contributed by atoms with Crippen LogP contribution in [-0.4, -0.2) is 55.0 Å². The third-order valence-electron chi connectivity index (χ3n) is 6.09. The van der Waals surface area contributed by atoms with Gasteiger partial charge in [0.05, 0.1) is 35.3 Å². The number of aromatic nitrogens is 5. The van der Waals surface area contributed by atoms with Crippen molar-refractivity contribution in [2.75, 3.05) is 19.4 Å². The van der Waals surface area contributed by atoms with Crippen LogP contribution in [0.4, 0.5) is 5.69 Å². The van der Waals surface area contributed by atoms with E-state index in [-0.39, 0.29) is 11.8 Å². The number of pyridine rings is 2. The van der Waals surface area contributed by atoms with Gasteiger partial charge < -0.3 is 10.2 Å². The van der Waals surface area contributed by atoms with Crippen LogP contribution in [0, 0.1) is 6.92 Å². The topological polar surface area (TPSA) is 97.4 Å². The van der Waals surface area contributed by atoms with E-state index < -0.39 is 0 Å². The highest BCUT2D eigenvalue weighted by atomic mass is 16.2. The SMILES string of the molecule is CCc1nn(Cc2cccc(C)n2)c2cccc(NC(=O)c3cnc4cc(C(=O)N(C)C)ccn34)c12. The van der Waals surface area contributed by atoms with E-state index in [4.69, 9.17) is 5.10 Å². The molecule has 0 fully saturated rings. The predicted molar refractivity (Wildman–Crippen MR) is 138 cm³/mol. The lowest BCUT2D eigenvalue weighted by molar-refractivity contribution is 0.0827. The Morgan fingerprint density at radius 2 is 1.89 bits per heavy atom. The number of nitrogens with zero attached hydrogens (tertiary/aromatic N) is 6. The Labute approximate surface area is 208 Å². The molecule has 5 aromatic rings. The second kappa shape index (κ2) is 9.26. The minimum atomic E-state index is -0.295. The summed E-state index contributed by atoms with van der Waals surface area (Å²) >= 11 is 0. The summed E-state index contributed by atoms with van der Waals surface area (Å²) in [5.74, 6) is -0.417. The van der Waals surface area contributed by atoms with Crippen molar-refractivity contribution >= 4 is 34.1 Å². The van der Waals surface area contributed by atoms with Gasteiger partial charge in [-0.3, -0.25) is 23.7 Å². The fourth-order valence-corrected chi connectivity index (χ4v) is 4.35. The zero-order chi connectivity index (χ0) is 25.4. The molecule has 5 rings (SSSR count). The Morgan fingerprint density at radius 1 is 1.08 bits per heavy atom. The first-order valence-electron chi connectivity index (χ1n) is 11.8. The fourth-order valence-electron chi connectivity index (χ4n) is 4.35. The molecule has 2 amide bonds. The van der Waals surface area contributed by atoms with Gasteiger partial charge in [0.2, 0.25) is 0 Å². The normalized spacial score (nSPS) is 11.2. The van der Waals surface area contributed by atoms with Gasteiger partial charge in [-0.15, -0.1) is 0 Å². The average molecular weight is 482 g/mol. The molecule has 4 aromatic heterocycles. The minimum Gasteiger partial charge on any atom is -0.345 e. The van der Waals surface area contributed by atoms with E-state index >= 15 is 0 Å². The maximum atomic E-state index is 13.3. The van der Waals surface area contributed by atoms with Crippen LogP contribution in [0.25, 0.3) is 16.6 Å². The van der Waals surface area contributed by atoms with E-state index in [1.165, 1.54) is 11.1 Å². The molecule has 0 atom stereocenters. The molecule has 0 radical (unpaired) electrons. The fraction of sp³-hybridized carbons (Fsp3) is 0.222. The molecular weight excluding hydrogens is 454 g/mol. The highest BCUT2D eigenvalue weighted by Gasteiger charge is 2.19. The molecule has 0 saturated carbocycles. The molecule has 36 heavy (non-hydrogen) atoms. The van der Waals surface area contributed by atoms with E-state index in [0.29, 0.717) is 29.1 Å². The van der Waals surface area contributed by atoms with Crippen molar-refractivity contribution in [3.05, 3.63) is 89.3 Å². The zero-order valence-corrected chi connectivity index (χ0v) is 20.7. The van der Waals surface area contributed by atoms with Gasteiger partial charge in [-0.05, 0) is 49.7 Å². The Kier molecular flexibility index (Phi) is 5.97. The third kappa shape index (κ3) is 4.19. The highest BCUT2D eigenvalue weighted by Crippen LogP contribution is 2.28. The first kappa shape index (κ1) is 23.2. The van der Waals surface area contributed by atoms with Gasteiger partial charge in [0, 0.05) is 36.9 Å². The number of hydrogen-bond acceptors (Lipinski definition) is 5. The summed E-state index contributed by atoms with van der Waals surface area (Å²) in [4.78, 5) is 36.1. The van der Waals surface area contributed by atoms with Crippen molar-refractivity contribution < 1.29 is 9.59 Å². The summed E-state index contributed by atoms with van der Waals surface area (Å²) in [7, 11) is 3.39. The molecule has 1 N–H and O–H groups in total. The van der Waals surface area contributed by atoms with Crippen LogP contribution in [-0.2, 0) is 13.0 Å². The predicted octanol–water partition coefficient (Wildman–Crippen LogP) is 3.95. The lowest BCUT2D eigenvalue weighted by Gasteiger charge is -2.11. The molecule has 4 heterocycles. The first-order valence-corrected chi connectivity index (χ1v) is 11.8. The standard InChI is InChI=1S/C27H27N7O2/c1-5-20-25-21(10-7-11-22(25)34(31-20)16-19-9-6-8-17(2)29-19)30-26(35)23-15-28-24-14-18(12-13-33(23)24)27(36)32(3)4/h6-15H,5,16H2,1-4H3,(H,30,35). The van der Waals surface area contributed by atoms with E-state index in [1.54, 1.807) is 36.8 Å². The summed E-state index contributed by atoms with van der Waals surface area (Å²) in [6.07, 6.45) is 3.93. The van der Waals surface area contributed by atoms with Crippen LogP contribution in [0.15, 0.2) is 60.9 Å². The van der Waals surface area contributed by atoms with Gasteiger partial charge >= 0.3 is 0 Å². The van der Waals surface area contributed by atoms with Crippen molar-refractivity contribution in [1.82, 2.24) is 29.0 Å². The molecule has 0 spiro atoms. The molecule has 0 saturated heterocycles. The lowest BCUT2D eigenvalue weighted by Crippen LogP contribution is -2.21. The van der Waals surface area contributed by atoms with Crippen molar-refractivity contribution in [3.63, 3.8) is 0 Å². The summed E-state index contributed by atoms with van der Waals surface area (Å²) in [6, 6.07) is 15.1. The largest absolute Gasteiger partial charge is 0.345 e. The van der Waals surface area contributed by atoms with Gasteiger partial charge in [0.1, 0.15) is 11.3 Å². The second-order valence-corrected chi connectivity index (χ2v) is 8.87. The Morgan fingerprint density at radius 3 is 2.64 bits per heavy atom. The van der Waals surface area contributed by atoms with Gasteiger partial charge in [-0.25, -0.2) is 4.98 Å². The average Bonchev–Trinajstić information content (AvgIpc) is 3.45. The van der Waals surface area contributed by atoms with E-state index in [1.807, 2.05) is 54.9 Å². The third-order valence-corrected chi connectivity index (χ3v) is 6.09. The molecule has 0 aliphatic rings. The Bertz CT molecular complexity index is 1610. The van der Waals surface area contributed by atoms with Crippen LogP contribution < -0.4 is 5.32 Å². The van der Waals surface area contributed by atoms with Crippen LogP contribution in [0.3, 0.4) is 0 Å². The van der Waals surface area contributed by atoms with Gasteiger partial charge in [0.15, 0.2) is 0 Å². The van der Waals surface area contributed by atoms with Crippen molar-refractivity contribution in [3.8, 4) is 0 Å². The number of aryl methyl sites for hydroxylation is 2. The zero-order valence-electron chi connectivity index (χ0n) is 20.7. The van der Waals surface area contributed by atoms with Crippen LogP contribution in [0.2, 0.25) is 0 Å². The van der Waals surface area contributed by atoms with Crippen LogP contribution >= 0.6 is 0 Å². The smallest absolute Gasteiger partial charge is 0.274 e. The summed E-state index contributed by atoms with van der Waals surface area (Å²) in [5, 5.41) is 8.79. The quantitative estimate of drug-likeness (QED) is 0.396. The van der Waals surface area contributed by atoms with E-state index in [9.17, 15) is 9.59 Å². The molecule has 9 nitrogen and oxygen atoms in total. The van der Waals surface area contributed by atoms with Gasteiger partial charge in [-0.2, -0.15) is 5.10 Å². The molecule has 0 aliphatic heterocycles. The molecular formula is C27H27N7O2. The lowest BCUT2D eigenvalue weighted by atomic mass is 10.1. The maximum Gasteiger partial charge on any atom is 0.274 e. The number of fused-ring (bicyclic) bond motifs is 2.